The van der Waals surface area contributed by atoms with Crippen LogP contribution in [0.25, 0.3) is 11.1 Å². The molecule has 8 heteroatoms. The average Bonchev–Trinajstić information content (AvgIpc) is 3.20. The van der Waals surface area contributed by atoms with Gasteiger partial charge in [-0.1, -0.05) is 66.7 Å². The first-order valence-electron chi connectivity index (χ1n) is 12.4. The predicted octanol–water partition coefficient (Wildman–Crippen LogP) is 5.71. The third-order valence-corrected chi connectivity index (χ3v) is 7.83. The minimum atomic E-state index is -4.60. The zero-order chi connectivity index (χ0) is 25.8. The fourth-order valence-electron chi connectivity index (χ4n) is 6.30. The van der Waals surface area contributed by atoms with Crippen molar-refractivity contribution in [2.45, 2.75) is 42.6 Å². The lowest BCUT2D eigenvalue weighted by atomic mass is 9.75. The highest BCUT2D eigenvalue weighted by Crippen LogP contribution is 2.47. The second-order valence-corrected chi connectivity index (χ2v) is 10.0. The number of amides is 1. The summed E-state index contributed by atoms with van der Waals surface area (Å²) >= 11 is 0. The zero-order valence-corrected chi connectivity index (χ0v) is 19.9. The molecule has 37 heavy (non-hydrogen) atoms. The van der Waals surface area contributed by atoms with E-state index < -0.39 is 35.5 Å². The van der Waals surface area contributed by atoms with Crippen LogP contribution in [-0.4, -0.2) is 48.0 Å². The number of ether oxygens (including phenoxy) is 2. The largest absolute Gasteiger partial charge is 0.448 e. The number of hydrogen-bond donors (Lipinski definition) is 1. The van der Waals surface area contributed by atoms with Crippen molar-refractivity contribution in [1.29, 1.82) is 0 Å². The first-order valence-corrected chi connectivity index (χ1v) is 12.4. The number of benzene rings is 3. The molecule has 2 atom stereocenters. The number of alkyl halides is 3. The summed E-state index contributed by atoms with van der Waals surface area (Å²) in [5, 5.41) is 11.5. The van der Waals surface area contributed by atoms with Crippen molar-refractivity contribution in [2.75, 3.05) is 19.8 Å². The molecule has 1 aliphatic carbocycles. The molecule has 5 nitrogen and oxygen atoms in total. The number of nitrogens with zero attached hydrogens (tertiary/aromatic N) is 1. The molecule has 1 N–H and O–H groups in total. The van der Waals surface area contributed by atoms with Gasteiger partial charge in [-0.15, -0.1) is 0 Å². The molecule has 2 heterocycles. The lowest BCUT2D eigenvalue weighted by molar-refractivity contribution is -0.153. The number of hydrogen-bond acceptors (Lipinski definition) is 4. The maximum Gasteiger partial charge on any atom is 0.416 e. The third-order valence-electron chi connectivity index (χ3n) is 7.83. The highest BCUT2D eigenvalue weighted by atomic mass is 19.4. The Morgan fingerprint density at radius 1 is 0.919 bits per heavy atom. The second-order valence-electron chi connectivity index (χ2n) is 10.0. The lowest BCUT2D eigenvalue weighted by Gasteiger charge is -2.51. The van der Waals surface area contributed by atoms with E-state index in [2.05, 4.69) is 12.1 Å². The van der Waals surface area contributed by atoms with Gasteiger partial charge in [0.15, 0.2) is 0 Å². The number of piperidine rings is 1. The van der Waals surface area contributed by atoms with Crippen molar-refractivity contribution in [1.82, 2.24) is 4.90 Å². The van der Waals surface area contributed by atoms with Gasteiger partial charge in [-0.25, -0.2) is 4.79 Å². The molecule has 2 saturated heterocycles. The van der Waals surface area contributed by atoms with Gasteiger partial charge in [0.2, 0.25) is 0 Å². The van der Waals surface area contributed by atoms with Gasteiger partial charge in [0.25, 0.3) is 0 Å². The highest BCUT2D eigenvalue weighted by molar-refractivity contribution is 5.79. The molecule has 2 fully saturated rings. The molecule has 0 saturated carbocycles. The minimum absolute atomic E-state index is 0.0687. The summed E-state index contributed by atoms with van der Waals surface area (Å²) in [6.07, 6.45) is -5.27. The van der Waals surface area contributed by atoms with Crippen LogP contribution in [0.3, 0.4) is 0 Å². The minimum Gasteiger partial charge on any atom is -0.448 e. The average molecular weight is 510 g/mol. The van der Waals surface area contributed by atoms with Crippen LogP contribution in [-0.2, 0) is 21.3 Å². The SMILES string of the molecule is O=C(OCC1c2ccccc2-c2ccccc21)N1C2COCC1CC(O)(c1ccccc1C(F)(F)F)C2. The van der Waals surface area contributed by atoms with Crippen molar-refractivity contribution < 1.29 is 32.5 Å². The molecule has 192 valence electrons. The summed E-state index contributed by atoms with van der Waals surface area (Å²) in [5.41, 5.74) is 1.68. The Kier molecular flexibility index (Phi) is 5.76. The Balaban J connectivity index is 1.22. The van der Waals surface area contributed by atoms with Crippen LogP contribution in [0.15, 0.2) is 72.8 Å². The lowest BCUT2D eigenvalue weighted by Crippen LogP contribution is -2.62. The number of aliphatic hydroxyl groups is 1. The Morgan fingerprint density at radius 2 is 1.46 bits per heavy atom. The molecular formula is C29H26F3NO4. The van der Waals surface area contributed by atoms with E-state index in [4.69, 9.17) is 9.47 Å². The molecule has 2 aliphatic heterocycles. The standard InChI is InChI=1S/C29H26F3NO4/c30-29(31,32)26-12-6-5-11-25(26)28(35)13-18-15-36-16-19(14-28)33(18)27(34)37-17-24-22-9-3-1-7-20(22)21-8-2-4-10-23(21)24/h1-12,18-19,24,35H,13-17H2. The van der Waals surface area contributed by atoms with Gasteiger partial charge in [0.05, 0.1) is 36.5 Å². The maximum atomic E-state index is 13.7. The normalized spacial score (nSPS) is 24.9. The number of carbonyl (C=O) groups is 1. The van der Waals surface area contributed by atoms with Crippen LogP contribution < -0.4 is 0 Å². The molecule has 6 rings (SSSR count). The van der Waals surface area contributed by atoms with Crippen LogP contribution in [0.4, 0.5) is 18.0 Å². The van der Waals surface area contributed by atoms with E-state index in [0.717, 1.165) is 28.3 Å². The van der Waals surface area contributed by atoms with Crippen molar-refractivity contribution in [3.63, 3.8) is 0 Å². The van der Waals surface area contributed by atoms with E-state index in [-0.39, 0.29) is 44.1 Å². The Labute approximate surface area is 212 Å². The fraction of sp³-hybridized carbons (Fsp3) is 0.345. The summed E-state index contributed by atoms with van der Waals surface area (Å²) in [6.45, 7) is 0.388. The van der Waals surface area contributed by atoms with Crippen molar-refractivity contribution >= 4 is 6.09 Å². The van der Waals surface area contributed by atoms with Crippen LogP contribution in [0.1, 0.15) is 41.0 Å². The smallest absolute Gasteiger partial charge is 0.416 e. The molecule has 2 bridgehead atoms. The van der Waals surface area contributed by atoms with E-state index in [9.17, 15) is 23.1 Å². The Morgan fingerprint density at radius 3 is 2.05 bits per heavy atom. The van der Waals surface area contributed by atoms with Gasteiger partial charge in [-0.2, -0.15) is 13.2 Å². The molecule has 2 unspecified atom stereocenters. The molecular weight excluding hydrogens is 483 g/mol. The monoisotopic (exact) mass is 509 g/mol. The van der Waals surface area contributed by atoms with Crippen molar-refractivity contribution in [3.8, 4) is 11.1 Å². The molecule has 1 amide bonds. The molecule has 3 aromatic rings. The summed E-state index contributed by atoms with van der Waals surface area (Å²) in [5.74, 6) is -0.104. The first-order chi connectivity index (χ1) is 17.8. The maximum absolute atomic E-state index is 13.7. The predicted molar refractivity (Wildman–Crippen MR) is 130 cm³/mol. The van der Waals surface area contributed by atoms with Crippen LogP contribution >= 0.6 is 0 Å². The summed E-state index contributed by atoms with van der Waals surface area (Å²) < 4.78 is 52.6. The second kappa shape index (κ2) is 8.89. The van der Waals surface area contributed by atoms with E-state index in [1.165, 1.54) is 18.2 Å². The zero-order valence-electron chi connectivity index (χ0n) is 19.9. The van der Waals surface area contributed by atoms with Gasteiger partial charge in [-0.05, 0) is 33.9 Å². The van der Waals surface area contributed by atoms with Gasteiger partial charge >= 0.3 is 12.3 Å². The van der Waals surface area contributed by atoms with Gasteiger partial charge in [-0.3, -0.25) is 4.90 Å². The van der Waals surface area contributed by atoms with Gasteiger partial charge in [0, 0.05) is 18.8 Å². The highest BCUT2D eigenvalue weighted by Gasteiger charge is 2.51. The van der Waals surface area contributed by atoms with E-state index in [1.807, 2.05) is 36.4 Å². The van der Waals surface area contributed by atoms with Crippen molar-refractivity contribution in [2.24, 2.45) is 0 Å². The van der Waals surface area contributed by atoms with Crippen LogP contribution in [0.5, 0.6) is 0 Å². The molecule has 3 aliphatic rings. The van der Waals surface area contributed by atoms with E-state index in [0.29, 0.717) is 0 Å². The van der Waals surface area contributed by atoms with Gasteiger partial charge < -0.3 is 14.6 Å². The van der Waals surface area contributed by atoms with E-state index in [1.54, 1.807) is 4.90 Å². The van der Waals surface area contributed by atoms with Crippen molar-refractivity contribution in [3.05, 3.63) is 95.1 Å². The van der Waals surface area contributed by atoms with Gasteiger partial charge in [0.1, 0.15) is 6.61 Å². The fourth-order valence-corrected chi connectivity index (χ4v) is 6.30. The third kappa shape index (κ3) is 4.08. The number of fused-ring (bicyclic) bond motifs is 5. The first kappa shape index (κ1) is 24.0. The number of rotatable bonds is 3. The number of carbonyl (C=O) groups excluding carboxylic acids is 1. The summed E-state index contributed by atoms with van der Waals surface area (Å²) in [7, 11) is 0. The Hall–Kier alpha value is -3.36. The summed E-state index contributed by atoms with van der Waals surface area (Å²) in [6, 6.07) is 20.0. The molecule has 0 aromatic heterocycles. The number of halogens is 3. The topological polar surface area (TPSA) is 59.0 Å². The number of morpholine rings is 1. The molecule has 3 aromatic carbocycles. The van der Waals surface area contributed by atoms with Crippen LogP contribution in [0.2, 0.25) is 0 Å². The van der Waals surface area contributed by atoms with Crippen LogP contribution in [0, 0.1) is 0 Å². The quantitative estimate of drug-likeness (QED) is 0.492. The summed E-state index contributed by atoms with van der Waals surface area (Å²) in [4.78, 5) is 14.9. The van der Waals surface area contributed by atoms with E-state index >= 15 is 0 Å². The molecule has 0 spiro atoms. The Bertz CT molecular complexity index is 1280. The molecule has 0 radical (unpaired) electrons.